The van der Waals surface area contributed by atoms with Crippen molar-refractivity contribution in [1.29, 1.82) is 0 Å². The molecule has 1 aliphatic heterocycles. The first-order chi connectivity index (χ1) is 10.3. The van der Waals surface area contributed by atoms with Crippen molar-refractivity contribution in [3.63, 3.8) is 0 Å². The Hall–Kier alpha value is -2.14. The largest absolute Gasteiger partial charge is 0.372 e. The van der Waals surface area contributed by atoms with Crippen LogP contribution in [-0.4, -0.2) is 32.9 Å². The molecule has 3 aromatic rings. The van der Waals surface area contributed by atoms with Crippen LogP contribution >= 0.6 is 11.6 Å². The number of halogens is 1. The summed E-state index contributed by atoms with van der Waals surface area (Å²) in [6.45, 7) is 2.24. The van der Waals surface area contributed by atoms with Crippen molar-refractivity contribution in [3.05, 3.63) is 41.6 Å². The van der Waals surface area contributed by atoms with Gasteiger partial charge in [-0.2, -0.15) is 9.61 Å². The summed E-state index contributed by atoms with van der Waals surface area (Å²) in [4.78, 5) is 2.40. The van der Waals surface area contributed by atoms with Crippen LogP contribution in [0.2, 0.25) is 5.15 Å². The molecule has 1 fully saturated rings. The fraction of sp³-hybridized carbons (Fsp3) is 0.267. The van der Waals surface area contributed by atoms with Gasteiger partial charge in [0.2, 0.25) is 0 Å². The maximum Gasteiger partial charge on any atom is 0.185 e. The van der Waals surface area contributed by atoms with Crippen molar-refractivity contribution >= 4 is 22.9 Å². The van der Waals surface area contributed by atoms with Gasteiger partial charge in [0.1, 0.15) is 5.15 Å². The lowest BCUT2D eigenvalue weighted by molar-refractivity contribution is 0.934. The van der Waals surface area contributed by atoms with Gasteiger partial charge in [0.25, 0.3) is 0 Å². The quantitative estimate of drug-likeness (QED) is 0.729. The summed E-state index contributed by atoms with van der Waals surface area (Å²) >= 11 is 5.97. The number of aromatic nitrogens is 4. The van der Waals surface area contributed by atoms with E-state index in [1.165, 1.54) is 18.5 Å². The molecule has 6 heteroatoms. The summed E-state index contributed by atoms with van der Waals surface area (Å²) in [5.41, 5.74) is 2.92. The molecular weight excluding hydrogens is 286 g/mol. The lowest BCUT2D eigenvalue weighted by atomic mass is 10.2. The highest BCUT2D eigenvalue weighted by Crippen LogP contribution is 2.26. The average Bonchev–Trinajstić information content (AvgIpc) is 3.16. The van der Waals surface area contributed by atoms with Gasteiger partial charge in [0.15, 0.2) is 11.5 Å². The molecule has 0 radical (unpaired) electrons. The van der Waals surface area contributed by atoms with Crippen molar-refractivity contribution < 1.29 is 0 Å². The van der Waals surface area contributed by atoms with Crippen molar-refractivity contribution in [3.8, 4) is 11.4 Å². The van der Waals surface area contributed by atoms with Crippen molar-refractivity contribution in [2.75, 3.05) is 18.0 Å². The number of rotatable bonds is 2. The molecule has 106 valence electrons. The Morgan fingerprint density at radius 2 is 1.86 bits per heavy atom. The van der Waals surface area contributed by atoms with E-state index < -0.39 is 0 Å². The van der Waals surface area contributed by atoms with Crippen LogP contribution in [0.3, 0.4) is 0 Å². The van der Waals surface area contributed by atoms with Crippen LogP contribution in [0.5, 0.6) is 0 Å². The van der Waals surface area contributed by atoms with E-state index in [0.717, 1.165) is 18.7 Å². The van der Waals surface area contributed by atoms with Gasteiger partial charge < -0.3 is 4.90 Å². The van der Waals surface area contributed by atoms with Gasteiger partial charge >= 0.3 is 0 Å². The lowest BCUT2D eigenvalue weighted by Gasteiger charge is -2.17. The van der Waals surface area contributed by atoms with Crippen LogP contribution in [-0.2, 0) is 0 Å². The predicted octanol–water partition coefficient (Wildman–Crippen LogP) is 3.04. The zero-order chi connectivity index (χ0) is 14.2. The third-order valence-corrected chi connectivity index (χ3v) is 4.01. The molecule has 1 aliphatic rings. The minimum atomic E-state index is 0.430. The zero-order valence-corrected chi connectivity index (χ0v) is 12.2. The minimum absolute atomic E-state index is 0.430. The van der Waals surface area contributed by atoms with Crippen LogP contribution in [0.15, 0.2) is 36.4 Å². The SMILES string of the molecule is Clc1ccc2nnc(-c3cccc(N4CCCC4)c3)n2n1. The topological polar surface area (TPSA) is 46.3 Å². The Bertz CT molecular complexity index is 792. The molecule has 0 atom stereocenters. The average molecular weight is 300 g/mol. The van der Waals surface area contributed by atoms with E-state index in [4.69, 9.17) is 11.6 Å². The number of hydrogen-bond acceptors (Lipinski definition) is 4. The van der Waals surface area contributed by atoms with E-state index in [-0.39, 0.29) is 0 Å². The third-order valence-electron chi connectivity index (χ3n) is 3.81. The molecule has 4 rings (SSSR count). The maximum absolute atomic E-state index is 5.97. The summed E-state index contributed by atoms with van der Waals surface area (Å²) in [5, 5.41) is 13.1. The fourth-order valence-corrected chi connectivity index (χ4v) is 2.90. The van der Waals surface area contributed by atoms with E-state index in [2.05, 4.69) is 38.4 Å². The summed E-state index contributed by atoms with van der Waals surface area (Å²) in [7, 11) is 0. The number of anilines is 1. The number of nitrogens with zero attached hydrogens (tertiary/aromatic N) is 5. The summed E-state index contributed by atoms with van der Waals surface area (Å²) in [5.74, 6) is 0.716. The molecule has 2 aromatic heterocycles. The van der Waals surface area contributed by atoms with Crippen LogP contribution in [0, 0.1) is 0 Å². The van der Waals surface area contributed by atoms with Crippen LogP contribution in [0.25, 0.3) is 17.0 Å². The van der Waals surface area contributed by atoms with Crippen LogP contribution in [0.4, 0.5) is 5.69 Å². The molecule has 0 aliphatic carbocycles. The lowest BCUT2D eigenvalue weighted by Crippen LogP contribution is -2.17. The van der Waals surface area contributed by atoms with E-state index in [0.29, 0.717) is 16.6 Å². The van der Waals surface area contributed by atoms with Crippen molar-refractivity contribution in [2.24, 2.45) is 0 Å². The molecule has 3 heterocycles. The summed E-state index contributed by atoms with van der Waals surface area (Å²) < 4.78 is 1.69. The standard InChI is InChI=1S/C15H14ClN5/c16-13-6-7-14-17-18-15(21(14)19-13)11-4-3-5-12(10-11)20-8-1-2-9-20/h3-7,10H,1-2,8-9H2. The van der Waals surface area contributed by atoms with E-state index >= 15 is 0 Å². The van der Waals surface area contributed by atoms with Gasteiger partial charge in [-0.3, -0.25) is 0 Å². The van der Waals surface area contributed by atoms with Gasteiger partial charge in [-0.05, 0) is 37.1 Å². The molecule has 1 saturated heterocycles. The molecule has 0 unspecified atom stereocenters. The van der Waals surface area contributed by atoms with Crippen LogP contribution in [0.1, 0.15) is 12.8 Å². The summed E-state index contributed by atoms with van der Waals surface area (Å²) in [6.07, 6.45) is 2.52. The fourth-order valence-electron chi connectivity index (χ4n) is 2.76. The van der Waals surface area contributed by atoms with E-state index in [1.807, 2.05) is 12.1 Å². The van der Waals surface area contributed by atoms with E-state index in [9.17, 15) is 0 Å². The van der Waals surface area contributed by atoms with Gasteiger partial charge in [-0.25, -0.2) is 0 Å². The Morgan fingerprint density at radius 3 is 2.71 bits per heavy atom. The Morgan fingerprint density at radius 1 is 1.00 bits per heavy atom. The first-order valence-electron chi connectivity index (χ1n) is 7.05. The number of fused-ring (bicyclic) bond motifs is 1. The maximum atomic E-state index is 5.97. The number of hydrogen-bond donors (Lipinski definition) is 0. The molecule has 5 nitrogen and oxygen atoms in total. The Balaban J connectivity index is 1.81. The van der Waals surface area contributed by atoms with Crippen molar-refractivity contribution in [2.45, 2.75) is 12.8 Å². The Labute approximate surface area is 127 Å². The molecule has 0 amide bonds. The molecule has 21 heavy (non-hydrogen) atoms. The third kappa shape index (κ3) is 2.23. The number of benzene rings is 1. The van der Waals surface area contributed by atoms with Gasteiger partial charge in [-0.15, -0.1) is 10.2 Å². The highest BCUT2D eigenvalue weighted by molar-refractivity contribution is 6.29. The first-order valence-corrected chi connectivity index (χ1v) is 7.42. The monoisotopic (exact) mass is 299 g/mol. The van der Waals surface area contributed by atoms with Gasteiger partial charge in [-0.1, -0.05) is 23.7 Å². The zero-order valence-electron chi connectivity index (χ0n) is 11.4. The normalized spacial score (nSPS) is 15.0. The molecule has 0 saturated carbocycles. The second-order valence-corrected chi connectivity index (χ2v) is 5.58. The van der Waals surface area contributed by atoms with Gasteiger partial charge in [0.05, 0.1) is 0 Å². The molecular formula is C15H14ClN5. The van der Waals surface area contributed by atoms with Crippen LogP contribution < -0.4 is 4.90 Å². The predicted molar refractivity (Wildman–Crippen MR) is 82.7 cm³/mol. The summed E-state index contributed by atoms with van der Waals surface area (Å²) in [6, 6.07) is 11.9. The molecule has 0 N–H and O–H groups in total. The molecule has 0 spiro atoms. The second-order valence-electron chi connectivity index (χ2n) is 5.19. The highest BCUT2D eigenvalue weighted by atomic mass is 35.5. The smallest absolute Gasteiger partial charge is 0.185 e. The molecule has 0 bridgehead atoms. The highest BCUT2D eigenvalue weighted by Gasteiger charge is 2.15. The van der Waals surface area contributed by atoms with E-state index in [1.54, 1.807) is 10.6 Å². The second kappa shape index (κ2) is 5.00. The minimum Gasteiger partial charge on any atom is -0.372 e. The van der Waals surface area contributed by atoms with Crippen molar-refractivity contribution in [1.82, 2.24) is 19.8 Å². The van der Waals surface area contributed by atoms with Gasteiger partial charge in [0, 0.05) is 24.3 Å². The first kappa shape index (κ1) is 12.6. The Kier molecular flexibility index (Phi) is 3.00. The molecule has 1 aromatic carbocycles.